The van der Waals surface area contributed by atoms with Gasteiger partial charge in [-0.25, -0.2) is 4.39 Å². The Kier molecular flexibility index (Phi) is 17.4. The first-order valence-electron chi connectivity index (χ1n) is 9.60. The van der Waals surface area contributed by atoms with E-state index in [1.54, 1.807) is 0 Å². The monoisotopic (exact) mass is 298 g/mol. The molecule has 0 aromatic rings. The molecule has 0 saturated heterocycles. The van der Waals surface area contributed by atoms with E-state index < -0.39 is 0 Å². The Morgan fingerprint density at radius 1 is 0.571 bits per heavy atom. The third kappa shape index (κ3) is 19.7. The zero-order chi connectivity index (χ0) is 15.6. The van der Waals surface area contributed by atoms with E-state index >= 15 is 0 Å². The molecule has 0 spiro atoms. The highest BCUT2D eigenvalue weighted by Crippen LogP contribution is 2.14. The molecule has 0 aliphatic rings. The lowest BCUT2D eigenvalue weighted by molar-refractivity contribution is 0.520. The van der Waals surface area contributed by atoms with Crippen molar-refractivity contribution in [3.05, 3.63) is 12.4 Å². The number of hydrogen-bond acceptors (Lipinski definition) is 0. The molecule has 0 N–H and O–H groups in total. The van der Waals surface area contributed by atoms with Crippen LogP contribution in [0.1, 0.15) is 116 Å². The van der Waals surface area contributed by atoms with Crippen molar-refractivity contribution in [3.8, 4) is 0 Å². The molecule has 0 aliphatic carbocycles. The van der Waals surface area contributed by atoms with Crippen LogP contribution in [0, 0.1) is 0 Å². The maximum absolute atomic E-state index is 12.4. The van der Waals surface area contributed by atoms with Gasteiger partial charge in [-0.15, -0.1) is 0 Å². The largest absolute Gasteiger partial charge is 0.212 e. The predicted octanol–water partition coefficient (Wildman–Crippen LogP) is 8.12. The number of halogens is 1. The van der Waals surface area contributed by atoms with Crippen LogP contribution in [0.5, 0.6) is 0 Å². The van der Waals surface area contributed by atoms with Gasteiger partial charge in [0.2, 0.25) is 0 Å². The highest BCUT2D eigenvalue weighted by atomic mass is 19.1. The summed E-state index contributed by atoms with van der Waals surface area (Å²) in [5, 5.41) is 0. The molecule has 0 atom stereocenters. The third-order valence-electron chi connectivity index (χ3n) is 4.30. The zero-order valence-electron chi connectivity index (χ0n) is 14.6. The normalized spacial score (nSPS) is 11.0. The molecule has 0 heterocycles. The molecule has 0 unspecified atom stereocenters. The first-order chi connectivity index (χ1) is 10.3. The van der Waals surface area contributed by atoms with Crippen LogP contribution < -0.4 is 0 Å². The van der Waals surface area contributed by atoms with Crippen molar-refractivity contribution in [1.29, 1.82) is 0 Å². The summed E-state index contributed by atoms with van der Waals surface area (Å²) < 4.78 is 12.4. The summed E-state index contributed by atoms with van der Waals surface area (Å²) in [7, 11) is 0. The molecule has 0 saturated carbocycles. The van der Waals surface area contributed by atoms with E-state index in [1.165, 1.54) is 96.3 Å². The fraction of sp³-hybridized carbons (Fsp3) is 0.900. The van der Waals surface area contributed by atoms with Crippen molar-refractivity contribution in [2.45, 2.75) is 116 Å². The van der Waals surface area contributed by atoms with Gasteiger partial charge >= 0.3 is 0 Å². The Morgan fingerprint density at radius 3 is 1.14 bits per heavy atom. The van der Waals surface area contributed by atoms with Crippen molar-refractivity contribution in [3.63, 3.8) is 0 Å². The molecule has 0 bridgehead atoms. The van der Waals surface area contributed by atoms with Gasteiger partial charge in [0.1, 0.15) is 0 Å². The Bertz CT molecular complexity index is 210. The predicted molar refractivity (Wildman–Crippen MR) is 94.4 cm³/mol. The fourth-order valence-electron chi connectivity index (χ4n) is 2.86. The number of unbranched alkanes of at least 4 members (excludes halogenated alkanes) is 15. The Balaban J connectivity index is 2.95. The summed E-state index contributed by atoms with van der Waals surface area (Å²) in [4.78, 5) is 0. The van der Waals surface area contributed by atoms with Crippen molar-refractivity contribution < 1.29 is 4.39 Å². The first kappa shape index (κ1) is 20.7. The van der Waals surface area contributed by atoms with Gasteiger partial charge in [0.05, 0.1) is 5.83 Å². The summed E-state index contributed by atoms with van der Waals surface area (Å²) in [6.07, 6.45) is 22.4. The quantitative estimate of drug-likeness (QED) is 0.238. The molecular weight excluding hydrogens is 259 g/mol. The highest BCUT2D eigenvalue weighted by Gasteiger charge is 1.95. The van der Waals surface area contributed by atoms with Gasteiger partial charge in [-0.05, 0) is 12.8 Å². The standard InChI is InChI=1S/C20H39F/c1-3-4-5-6-7-8-9-10-11-12-13-14-15-16-17-18-19-20(2)21/h2-19H2,1H3. The summed E-state index contributed by atoms with van der Waals surface area (Å²) in [5.41, 5.74) is 0. The second kappa shape index (κ2) is 17.7. The van der Waals surface area contributed by atoms with Gasteiger partial charge in [-0.3, -0.25) is 0 Å². The van der Waals surface area contributed by atoms with E-state index in [0.29, 0.717) is 6.42 Å². The SMILES string of the molecule is C=C(F)CCCCCCCCCCCCCCCCCC. The number of allylic oxidation sites excluding steroid dienone is 1. The smallest absolute Gasteiger partial charge is 0.0928 e. The lowest BCUT2D eigenvalue weighted by atomic mass is 10.0. The summed E-state index contributed by atoms with van der Waals surface area (Å²) in [5.74, 6) is -0.152. The minimum Gasteiger partial charge on any atom is -0.212 e. The fourth-order valence-corrected chi connectivity index (χ4v) is 2.86. The van der Waals surface area contributed by atoms with Crippen molar-refractivity contribution >= 4 is 0 Å². The summed E-state index contributed by atoms with van der Waals surface area (Å²) >= 11 is 0. The van der Waals surface area contributed by atoms with E-state index in [9.17, 15) is 4.39 Å². The second-order valence-corrected chi connectivity index (χ2v) is 6.57. The third-order valence-corrected chi connectivity index (χ3v) is 4.30. The molecular formula is C20H39F. The average Bonchev–Trinajstić information content (AvgIpc) is 2.46. The van der Waals surface area contributed by atoms with Crippen molar-refractivity contribution in [2.24, 2.45) is 0 Å². The highest BCUT2D eigenvalue weighted by molar-refractivity contribution is 4.78. The maximum atomic E-state index is 12.4. The van der Waals surface area contributed by atoms with E-state index in [1.807, 2.05) is 0 Å². The Hall–Kier alpha value is -0.330. The van der Waals surface area contributed by atoms with Crippen molar-refractivity contribution in [2.75, 3.05) is 0 Å². The molecule has 0 fully saturated rings. The van der Waals surface area contributed by atoms with Crippen LogP contribution in [-0.2, 0) is 0 Å². The summed E-state index contributed by atoms with van der Waals surface area (Å²) in [6.45, 7) is 5.57. The number of rotatable bonds is 17. The van der Waals surface area contributed by atoms with E-state index in [0.717, 1.165) is 6.42 Å². The topological polar surface area (TPSA) is 0 Å². The first-order valence-corrected chi connectivity index (χ1v) is 9.60. The summed E-state index contributed by atoms with van der Waals surface area (Å²) in [6, 6.07) is 0. The molecule has 0 nitrogen and oxygen atoms in total. The number of hydrogen-bond donors (Lipinski definition) is 0. The van der Waals surface area contributed by atoms with Gasteiger partial charge in [0.15, 0.2) is 0 Å². The Labute approximate surface area is 133 Å². The van der Waals surface area contributed by atoms with Gasteiger partial charge in [0.25, 0.3) is 0 Å². The lowest BCUT2D eigenvalue weighted by Gasteiger charge is -2.03. The van der Waals surface area contributed by atoms with Crippen molar-refractivity contribution in [1.82, 2.24) is 0 Å². The van der Waals surface area contributed by atoms with Crippen LogP contribution in [0.15, 0.2) is 12.4 Å². The molecule has 0 radical (unpaired) electrons. The van der Waals surface area contributed by atoms with Gasteiger partial charge in [-0.1, -0.05) is 110 Å². The molecule has 0 rings (SSSR count). The average molecular weight is 299 g/mol. The molecule has 126 valence electrons. The van der Waals surface area contributed by atoms with Crippen LogP contribution in [0.3, 0.4) is 0 Å². The van der Waals surface area contributed by atoms with Gasteiger partial charge in [-0.2, -0.15) is 0 Å². The van der Waals surface area contributed by atoms with Gasteiger partial charge < -0.3 is 0 Å². The Morgan fingerprint density at radius 2 is 0.857 bits per heavy atom. The minimum absolute atomic E-state index is 0.152. The zero-order valence-corrected chi connectivity index (χ0v) is 14.6. The molecule has 1 heteroatoms. The van der Waals surface area contributed by atoms with Crippen LogP contribution in [0.2, 0.25) is 0 Å². The molecule has 21 heavy (non-hydrogen) atoms. The van der Waals surface area contributed by atoms with Crippen LogP contribution in [0.4, 0.5) is 4.39 Å². The van der Waals surface area contributed by atoms with Crippen LogP contribution in [-0.4, -0.2) is 0 Å². The minimum atomic E-state index is -0.152. The van der Waals surface area contributed by atoms with Crippen LogP contribution >= 0.6 is 0 Å². The molecule has 0 aromatic carbocycles. The van der Waals surface area contributed by atoms with E-state index in [4.69, 9.17) is 0 Å². The van der Waals surface area contributed by atoms with E-state index in [2.05, 4.69) is 13.5 Å². The maximum Gasteiger partial charge on any atom is 0.0928 e. The van der Waals surface area contributed by atoms with Crippen LogP contribution in [0.25, 0.3) is 0 Å². The molecule has 0 aliphatic heterocycles. The second-order valence-electron chi connectivity index (χ2n) is 6.57. The van der Waals surface area contributed by atoms with Gasteiger partial charge in [0, 0.05) is 0 Å². The molecule has 0 amide bonds. The lowest BCUT2D eigenvalue weighted by Crippen LogP contribution is -1.83. The molecule has 0 aromatic heterocycles. The van der Waals surface area contributed by atoms with E-state index in [-0.39, 0.29) is 5.83 Å².